The zero-order valence-corrected chi connectivity index (χ0v) is 18.6. The summed E-state index contributed by atoms with van der Waals surface area (Å²) in [6.45, 7) is 6.80. The Balaban J connectivity index is 1.60. The largest absolute Gasteiger partial charge is 0.469 e. The minimum atomic E-state index is -0.291. The summed E-state index contributed by atoms with van der Waals surface area (Å²) in [7, 11) is 1.44. The van der Waals surface area contributed by atoms with Gasteiger partial charge < -0.3 is 9.84 Å². The number of aliphatic hydroxyl groups excluding tert-OH is 1. The van der Waals surface area contributed by atoms with Gasteiger partial charge in [0.25, 0.3) is 0 Å². The molecule has 0 aromatic heterocycles. The van der Waals surface area contributed by atoms with Crippen LogP contribution in [0.5, 0.6) is 0 Å². The smallest absolute Gasteiger partial charge is 0.305 e. The van der Waals surface area contributed by atoms with Gasteiger partial charge in [0, 0.05) is 11.8 Å². The van der Waals surface area contributed by atoms with Gasteiger partial charge in [-0.1, -0.05) is 26.3 Å². The van der Waals surface area contributed by atoms with Crippen molar-refractivity contribution in [2.45, 2.75) is 84.7 Å². The number of carbonyl (C=O) groups is 2. The van der Waals surface area contributed by atoms with Gasteiger partial charge >= 0.3 is 5.97 Å². The van der Waals surface area contributed by atoms with Gasteiger partial charge in [-0.2, -0.15) is 0 Å². The Hall–Kier alpha value is -1.16. The number of hydrogen-bond donors (Lipinski definition) is 1. The van der Waals surface area contributed by atoms with Crippen LogP contribution in [-0.4, -0.2) is 30.1 Å². The van der Waals surface area contributed by atoms with Gasteiger partial charge in [-0.05, 0) is 92.4 Å². The summed E-state index contributed by atoms with van der Waals surface area (Å²) in [4.78, 5) is 25.2. The lowest BCUT2D eigenvalue weighted by Gasteiger charge is -2.56. The molecule has 3 unspecified atom stereocenters. The number of methoxy groups -OCH3 is 1. The van der Waals surface area contributed by atoms with Gasteiger partial charge in [-0.15, -0.1) is 0 Å². The standard InChI is InChI=1S/C25H38O4/c1-15(5-10-23(28)29-4)19-8-9-20-18-7-6-16-13-17(26)11-12-24(16,2)21(18)14-22(27)25(19,20)3/h14-20,26H,5-13H2,1-4H3/t15-,16-,17+,18?,19?,20?,24+,25-/m1/s1. The van der Waals surface area contributed by atoms with Crippen LogP contribution in [0.4, 0.5) is 0 Å². The number of rotatable bonds is 4. The highest BCUT2D eigenvalue weighted by Crippen LogP contribution is 2.65. The molecule has 4 rings (SSSR count). The maximum absolute atomic E-state index is 13.6. The second-order valence-electron chi connectivity index (χ2n) is 10.9. The molecule has 0 amide bonds. The third-order valence-electron chi connectivity index (χ3n) is 9.69. The number of hydrogen-bond acceptors (Lipinski definition) is 4. The number of esters is 1. The van der Waals surface area contributed by atoms with Crippen LogP contribution in [0.1, 0.15) is 78.6 Å². The second kappa shape index (κ2) is 7.51. The molecule has 162 valence electrons. The van der Waals surface area contributed by atoms with Crippen LogP contribution in [-0.2, 0) is 14.3 Å². The topological polar surface area (TPSA) is 63.6 Å². The summed E-state index contributed by atoms with van der Waals surface area (Å²) >= 11 is 0. The van der Waals surface area contributed by atoms with Crippen LogP contribution in [0.2, 0.25) is 0 Å². The summed E-state index contributed by atoms with van der Waals surface area (Å²) in [5.74, 6) is 2.34. The van der Waals surface area contributed by atoms with Crippen molar-refractivity contribution in [3.05, 3.63) is 11.6 Å². The lowest BCUT2D eigenvalue weighted by Crippen LogP contribution is -2.52. The maximum Gasteiger partial charge on any atom is 0.305 e. The first kappa shape index (κ1) is 21.1. The Kier molecular flexibility index (Phi) is 5.46. The normalized spacial score (nSPS) is 44.9. The van der Waals surface area contributed by atoms with Gasteiger partial charge in [-0.25, -0.2) is 0 Å². The van der Waals surface area contributed by atoms with Crippen LogP contribution in [0, 0.1) is 40.4 Å². The fraction of sp³-hybridized carbons (Fsp3) is 0.840. The predicted octanol–water partition coefficient (Wildman–Crippen LogP) is 4.69. The van der Waals surface area contributed by atoms with Crippen molar-refractivity contribution < 1.29 is 19.4 Å². The number of carbonyl (C=O) groups excluding carboxylic acids is 2. The fourth-order valence-corrected chi connectivity index (χ4v) is 7.88. The van der Waals surface area contributed by atoms with E-state index < -0.39 is 0 Å². The maximum atomic E-state index is 13.6. The average Bonchev–Trinajstić information content (AvgIpc) is 3.06. The lowest BCUT2D eigenvalue weighted by atomic mass is 9.48. The van der Waals surface area contributed by atoms with E-state index in [9.17, 15) is 14.7 Å². The van der Waals surface area contributed by atoms with Crippen molar-refractivity contribution in [2.24, 2.45) is 40.4 Å². The third-order valence-corrected chi connectivity index (χ3v) is 9.69. The number of fused-ring (bicyclic) bond motifs is 5. The molecule has 0 aliphatic heterocycles. The molecule has 0 aromatic carbocycles. The fourth-order valence-electron chi connectivity index (χ4n) is 7.88. The SMILES string of the molecule is COC(=O)CC[C@@H](C)C1CCC2C3CC[C@@H]4C[C@@H](O)CC[C@]4(C)C3=CC(=O)[C@@]21C. The molecule has 3 saturated carbocycles. The van der Waals surface area contributed by atoms with Gasteiger partial charge in [0.05, 0.1) is 13.2 Å². The molecule has 4 nitrogen and oxygen atoms in total. The highest BCUT2D eigenvalue weighted by molar-refractivity contribution is 5.97. The zero-order valence-electron chi connectivity index (χ0n) is 18.6. The molecule has 0 heterocycles. The Morgan fingerprint density at radius 3 is 2.72 bits per heavy atom. The molecule has 0 radical (unpaired) electrons. The monoisotopic (exact) mass is 402 g/mol. The molecule has 0 aromatic rings. The van der Waals surface area contributed by atoms with Crippen LogP contribution < -0.4 is 0 Å². The second-order valence-corrected chi connectivity index (χ2v) is 10.9. The molecule has 8 atom stereocenters. The van der Waals surface area contributed by atoms with Crippen molar-refractivity contribution >= 4 is 11.8 Å². The van der Waals surface area contributed by atoms with Crippen molar-refractivity contribution in [3.8, 4) is 0 Å². The van der Waals surface area contributed by atoms with Gasteiger partial charge in [-0.3, -0.25) is 9.59 Å². The van der Waals surface area contributed by atoms with Crippen LogP contribution in [0.25, 0.3) is 0 Å². The third kappa shape index (κ3) is 3.21. The summed E-state index contributed by atoms with van der Waals surface area (Å²) in [5, 5.41) is 10.2. The van der Waals surface area contributed by atoms with Gasteiger partial charge in [0.1, 0.15) is 0 Å². The first-order valence-corrected chi connectivity index (χ1v) is 11.7. The molecule has 0 spiro atoms. The van der Waals surface area contributed by atoms with E-state index in [0.717, 1.165) is 44.9 Å². The predicted molar refractivity (Wildman–Crippen MR) is 112 cm³/mol. The molecular weight excluding hydrogens is 364 g/mol. The van der Waals surface area contributed by atoms with E-state index in [2.05, 4.69) is 26.8 Å². The van der Waals surface area contributed by atoms with E-state index in [1.807, 2.05) is 0 Å². The van der Waals surface area contributed by atoms with E-state index in [-0.39, 0.29) is 22.9 Å². The van der Waals surface area contributed by atoms with Crippen LogP contribution >= 0.6 is 0 Å². The van der Waals surface area contributed by atoms with E-state index in [0.29, 0.717) is 41.8 Å². The minimum absolute atomic E-state index is 0.0910. The van der Waals surface area contributed by atoms with Crippen molar-refractivity contribution in [3.63, 3.8) is 0 Å². The van der Waals surface area contributed by atoms with Crippen molar-refractivity contribution in [1.82, 2.24) is 0 Å². The first-order valence-electron chi connectivity index (χ1n) is 11.7. The van der Waals surface area contributed by atoms with E-state index in [1.54, 1.807) is 0 Å². The molecule has 3 fully saturated rings. The summed E-state index contributed by atoms with van der Waals surface area (Å²) in [6, 6.07) is 0. The highest BCUT2D eigenvalue weighted by Gasteiger charge is 2.60. The lowest BCUT2D eigenvalue weighted by molar-refractivity contribution is -0.141. The number of allylic oxidation sites excluding steroid dienone is 2. The van der Waals surface area contributed by atoms with Crippen LogP contribution in [0.15, 0.2) is 11.6 Å². The van der Waals surface area contributed by atoms with Gasteiger partial charge in [0.2, 0.25) is 0 Å². The Morgan fingerprint density at radius 2 is 2.00 bits per heavy atom. The average molecular weight is 403 g/mol. The molecule has 29 heavy (non-hydrogen) atoms. The Morgan fingerprint density at radius 1 is 1.24 bits per heavy atom. The molecule has 4 heteroatoms. The highest BCUT2D eigenvalue weighted by atomic mass is 16.5. The Bertz CT molecular complexity index is 712. The quantitative estimate of drug-likeness (QED) is 0.693. The molecule has 0 saturated heterocycles. The summed E-state index contributed by atoms with van der Waals surface area (Å²) in [5.41, 5.74) is 1.21. The van der Waals surface area contributed by atoms with Crippen molar-refractivity contribution in [1.29, 1.82) is 0 Å². The number of aliphatic hydroxyl groups is 1. The van der Waals surface area contributed by atoms with E-state index >= 15 is 0 Å². The molecule has 4 aliphatic rings. The summed E-state index contributed by atoms with van der Waals surface area (Å²) < 4.78 is 4.82. The first-order chi connectivity index (χ1) is 13.7. The minimum Gasteiger partial charge on any atom is -0.469 e. The molecule has 0 bridgehead atoms. The van der Waals surface area contributed by atoms with Crippen LogP contribution in [0.3, 0.4) is 0 Å². The Labute approximate surface area is 175 Å². The van der Waals surface area contributed by atoms with E-state index in [1.165, 1.54) is 19.1 Å². The summed E-state index contributed by atoms with van der Waals surface area (Å²) in [6.07, 6.45) is 10.4. The zero-order chi connectivity index (χ0) is 21.0. The molecule has 4 aliphatic carbocycles. The number of ether oxygens (including phenoxy) is 1. The van der Waals surface area contributed by atoms with E-state index in [4.69, 9.17) is 4.74 Å². The van der Waals surface area contributed by atoms with Gasteiger partial charge in [0.15, 0.2) is 5.78 Å². The molecular formula is C25H38O4. The number of ketones is 1. The molecule has 1 N–H and O–H groups in total. The van der Waals surface area contributed by atoms with Crippen molar-refractivity contribution in [2.75, 3.05) is 7.11 Å².